The summed E-state index contributed by atoms with van der Waals surface area (Å²) in [4.78, 5) is 4.51. The minimum Gasteiger partial charge on any atom is -0.469 e. The topological polar surface area (TPSA) is 43.0 Å². The molecule has 110 valence electrons. The number of hydrogen-bond acceptors (Lipinski definition) is 3. The summed E-state index contributed by atoms with van der Waals surface area (Å²) in [6.07, 6.45) is 8.87. The summed E-state index contributed by atoms with van der Waals surface area (Å²) >= 11 is 0. The van der Waals surface area contributed by atoms with E-state index < -0.39 is 0 Å². The highest BCUT2D eigenvalue weighted by Crippen LogP contribution is 2.22. The zero-order valence-corrected chi connectivity index (χ0v) is 12.7. The van der Waals surface area contributed by atoms with Crippen LogP contribution in [0.2, 0.25) is 0 Å². The summed E-state index contributed by atoms with van der Waals surface area (Å²) < 4.78 is 7.70. The van der Waals surface area contributed by atoms with Gasteiger partial charge in [0.15, 0.2) is 0 Å². The van der Waals surface area contributed by atoms with Gasteiger partial charge in [0, 0.05) is 37.0 Å². The summed E-state index contributed by atoms with van der Waals surface area (Å²) in [7, 11) is 0. The second-order valence-corrected chi connectivity index (χ2v) is 5.18. The molecule has 0 radical (unpaired) electrons. The summed E-state index contributed by atoms with van der Waals surface area (Å²) in [5, 5.41) is 3.61. The van der Waals surface area contributed by atoms with Gasteiger partial charge in [-0.25, -0.2) is 4.98 Å². The van der Waals surface area contributed by atoms with E-state index in [1.165, 1.54) is 5.56 Å². The first-order chi connectivity index (χ1) is 9.76. The fourth-order valence-corrected chi connectivity index (χ4v) is 2.52. The highest BCUT2D eigenvalue weighted by molar-refractivity contribution is 5.21. The molecule has 0 bridgehead atoms. The van der Waals surface area contributed by atoms with Gasteiger partial charge in [0.05, 0.1) is 6.26 Å². The maximum atomic E-state index is 5.46. The number of hydrogen-bond donors (Lipinski definition) is 1. The van der Waals surface area contributed by atoms with Gasteiger partial charge in [0.1, 0.15) is 11.6 Å². The molecule has 0 aliphatic carbocycles. The third kappa shape index (κ3) is 3.51. The molecular weight excluding hydrogens is 250 g/mol. The molecule has 0 aromatic carbocycles. The van der Waals surface area contributed by atoms with E-state index in [1.807, 2.05) is 13.1 Å². The van der Waals surface area contributed by atoms with E-state index in [-0.39, 0.29) is 6.04 Å². The quantitative estimate of drug-likeness (QED) is 0.802. The SMILES string of the molecule is CCCNC(Cc1nccn1CCC)c1ccoc1C. The van der Waals surface area contributed by atoms with Crippen LogP contribution in [0.3, 0.4) is 0 Å². The van der Waals surface area contributed by atoms with Crippen LogP contribution >= 0.6 is 0 Å². The molecule has 0 saturated heterocycles. The van der Waals surface area contributed by atoms with E-state index in [0.717, 1.165) is 43.9 Å². The smallest absolute Gasteiger partial charge is 0.110 e. The number of nitrogens with zero attached hydrogens (tertiary/aromatic N) is 2. The molecule has 2 aromatic heterocycles. The number of rotatable bonds is 8. The van der Waals surface area contributed by atoms with E-state index >= 15 is 0 Å². The summed E-state index contributed by atoms with van der Waals surface area (Å²) in [6.45, 7) is 8.43. The molecule has 4 nitrogen and oxygen atoms in total. The van der Waals surface area contributed by atoms with Gasteiger partial charge >= 0.3 is 0 Å². The van der Waals surface area contributed by atoms with Gasteiger partial charge in [-0.05, 0) is 32.4 Å². The number of nitrogens with one attached hydrogen (secondary N) is 1. The van der Waals surface area contributed by atoms with Crippen LogP contribution in [0.25, 0.3) is 0 Å². The Labute approximate surface area is 121 Å². The molecule has 4 heteroatoms. The summed E-state index contributed by atoms with van der Waals surface area (Å²) in [5.41, 5.74) is 1.24. The van der Waals surface area contributed by atoms with Gasteiger partial charge in [0.25, 0.3) is 0 Å². The van der Waals surface area contributed by atoms with Crippen LogP contribution in [0, 0.1) is 6.92 Å². The Balaban J connectivity index is 2.15. The van der Waals surface area contributed by atoms with Gasteiger partial charge in [-0.3, -0.25) is 0 Å². The number of imidazole rings is 1. The van der Waals surface area contributed by atoms with E-state index in [0.29, 0.717) is 0 Å². The van der Waals surface area contributed by atoms with Crippen LogP contribution < -0.4 is 5.32 Å². The minimum atomic E-state index is 0.270. The van der Waals surface area contributed by atoms with Gasteiger partial charge in [0.2, 0.25) is 0 Å². The molecule has 2 aromatic rings. The summed E-state index contributed by atoms with van der Waals surface area (Å²) in [5.74, 6) is 2.13. The Morgan fingerprint density at radius 1 is 1.35 bits per heavy atom. The first-order valence-electron chi connectivity index (χ1n) is 7.53. The van der Waals surface area contributed by atoms with E-state index in [1.54, 1.807) is 6.26 Å². The van der Waals surface area contributed by atoms with Gasteiger partial charge in [-0.2, -0.15) is 0 Å². The average Bonchev–Trinajstić information content (AvgIpc) is 3.04. The zero-order valence-electron chi connectivity index (χ0n) is 12.7. The monoisotopic (exact) mass is 275 g/mol. The summed E-state index contributed by atoms with van der Waals surface area (Å²) in [6, 6.07) is 2.34. The largest absolute Gasteiger partial charge is 0.469 e. The number of furan rings is 1. The van der Waals surface area contributed by atoms with E-state index in [2.05, 4.69) is 41.0 Å². The second kappa shape index (κ2) is 7.29. The standard InChI is InChI=1S/C16H25N3O/c1-4-7-17-15(14-6-11-20-13(14)3)12-16-18-8-10-19(16)9-5-2/h6,8,10-11,15,17H,4-5,7,9,12H2,1-3H3. The molecule has 0 amide bonds. The molecule has 2 rings (SSSR count). The van der Waals surface area contributed by atoms with Crippen LogP contribution in [-0.2, 0) is 13.0 Å². The van der Waals surface area contributed by atoms with Crippen LogP contribution in [-0.4, -0.2) is 16.1 Å². The third-order valence-corrected chi connectivity index (χ3v) is 3.57. The maximum absolute atomic E-state index is 5.46. The highest BCUT2D eigenvalue weighted by Gasteiger charge is 2.18. The molecule has 2 heterocycles. The van der Waals surface area contributed by atoms with Crippen molar-refractivity contribution in [1.82, 2.24) is 14.9 Å². The lowest BCUT2D eigenvalue weighted by Crippen LogP contribution is -2.25. The lowest BCUT2D eigenvalue weighted by Gasteiger charge is -2.18. The molecule has 0 spiro atoms. The lowest BCUT2D eigenvalue weighted by atomic mass is 10.0. The molecule has 0 aliphatic rings. The Kier molecular flexibility index (Phi) is 5.41. The van der Waals surface area contributed by atoms with Gasteiger partial charge in [-0.1, -0.05) is 13.8 Å². The first-order valence-corrected chi connectivity index (χ1v) is 7.53. The van der Waals surface area contributed by atoms with Crippen molar-refractivity contribution in [1.29, 1.82) is 0 Å². The van der Waals surface area contributed by atoms with E-state index in [4.69, 9.17) is 4.42 Å². The molecule has 1 atom stereocenters. The van der Waals surface area contributed by atoms with Crippen LogP contribution in [0.1, 0.15) is 49.9 Å². The molecule has 0 aliphatic heterocycles. The predicted molar refractivity (Wildman–Crippen MR) is 80.7 cm³/mol. The predicted octanol–water partition coefficient (Wildman–Crippen LogP) is 3.48. The van der Waals surface area contributed by atoms with Crippen molar-refractivity contribution in [3.8, 4) is 0 Å². The third-order valence-electron chi connectivity index (χ3n) is 3.57. The fourth-order valence-electron chi connectivity index (χ4n) is 2.52. The Bertz CT molecular complexity index is 515. The van der Waals surface area contributed by atoms with Crippen LogP contribution in [0.5, 0.6) is 0 Å². The first kappa shape index (κ1) is 14.9. The van der Waals surface area contributed by atoms with Gasteiger partial charge in [-0.15, -0.1) is 0 Å². The second-order valence-electron chi connectivity index (χ2n) is 5.18. The van der Waals surface area contributed by atoms with Crippen molar-refractivity contribution in [2.45, 2.75) is 52.6 Å². The van der Waals surface area contributed by atoms with Crippen molar-refractivity contribution >= 4 is 0 Å². The normalized spacial score (nSPS) is 12.8. The molecule has 1 unspecified atom stereocenters. The fraction of sp³-hybridized carbons (Fsp3) is 0.562. The zero-order chi connectivity index (χ0) is 14.4. The Hall–Kier alpha value is -1.55. The highest BCUT2D eigenvalue weighted by atomic mass is 16.3. The molecule has 1 N–H and O–H groups in total. The van der Waals surface area contributed by atoms with Crippen LogP contribution in [0.15, 0.2) is 29.1 Å². The molecule has 0 saturated carbocycles. The molecular formula is C16H25N3O. The van der Waals surface area contributed by atoms with Crippen molar-refractivity contribution in [3.63, 3.8) is 0 Å². The van der Waals surface area contributed by atoms with Crippen LogP contribution in [0.4, 0.5) is 0 Å². The van der Waals surface area contributed by atoms with Crippen molar-refractivity contribution in [3.05, 3.63) is 41.9 Å². The van der Waals surface area contributed by atoms with Gasteiger partial charge < -0.3 is 14.3 Å². The van der Waals surface area contributed by atoms with E-state index in [9.17, 15) is 0 Å². The number of aryl methyl sites for hydroxylation is 2. The lowest BCUT2D eigenvalue weighted by molar-refractivity contribution is 0.480. The maximum Gasteiger partial charge on any atom is 0.110 e. The Morgan fingerprint density at radius 3 is 2.85 bits per heavy atom. The Morgan fingerprint density at radius 2 is 2.20 bits per heavy atom. The average molecular weight is 275 g/mol. The molecule has 0 fully saturated rings. The van der Waals surface area contributed by atoms with Crippen molar-refractivity contribution in [2.75, 3.05) is 6.54 Å². The van der Waals surface area contributed by atoms with Crippen molar-refractivity contribution < 1.29 is 4.42 Å². The minimum absolute atomic E-state index is 0.270. The van der Waals surface area contributed by atoms with Crippen molar-refractivity contribution in [2.24, 2.45) is 0 Å². The number of aromatic nitrogens is 2. The molecule has 20 heavy (non-hydrogen) atoms.